The number of likely N-dealkylation sites (tertiary alicyclic amines) is 1. The first-order valence-corrected chi connectivity index (χ1v) is 7.53. The normalized spacial score (nSPS) is 20.9. The van der Waals surface area contributed by atoms with Crippen LogP contribution in [0.2, 0.25) is 0 Å². The van der Waals surface area contributed by atoms with E-state index < -0.39 is 28.9 Å². The lowest BCUT2D eigenvalue weighted by molar-refractivity contribution is -0.143. The topological polar surface area (TPSA) is 119 Å². The molecule has 1 aliphatic rings. The summed E-state index contributed by atoms with van der Waals surface area (Å²) in [4.78, 5) is 25.4. The van der Waals surface area contributed by atoms with Crippen LogP contribution in [0.5, 0.6) is 0 Å². The van der Waals surface area contributed by atoms with Crippen LogP contribution in [0.3, 0.4) is 0 Å². The number of amides is 1. The summed E-state index contributed by atoms with van der Waals surface area (Å²) in [5.41, 5.74) is 8.53. The van der Waals surface area contributed by atoms with Gasteiger partial charge in [-0.3, -0.25) is 4.79 Å². The van der Waals surface area contributed by atoms with Gasteiger partial charge in [0, 0.05) is 18.7 Å². The minimum Gasteiger partial charge on any atom is -0.481 e. The van der Waals surface area contributed by atoms with Crippen molar-refractivity contribution in [1.29, 1.82) is 0 Å². The first kappa shape index (κ1) is 17.8. The molecule has 1 amide bonds. The number of carbonyl (C=O) groups is 2. The number of carboxylic acids is 1. The number of hydrogen-bond acceptors (Lipinski definition) is 5. The molecule has 8 heteroatoms. The Morgan fingerprint density at radius 2 is 1.96 bits per heavy atom. The zero-order valence-corrected chi connectivity index (χ0v) is 13.9. The van der Waals surface area contributed by atoms with Crippen LogP contribution in [0.4, 0.5) is 20.6 Å². The van der Waals surface area contributed by atoms with Crippen molar-refractivity contribution < 1.29 is 23.8 Å². The molecule has 0 radical (unpaired) electrons. The molecule has 1 atom stereocenters. The van der Waals surface area contributed by atoms with Crippen LogP contribution in [0.15, 0.2) is 12.1 Å². The van der Waals surface area contributed by atoms with Gasteiger partial charge in [0.15, 0.2) is 5.82 Å². The number of nitrogens with zero attached hydrogens (tertiary/aromatic N) is 1. The third-order valence-corrected chi connectivity index (χ3v) is 4.06. The number of hydrogen-bond donors (Lipinski definition) is 3. The third-order valence-electron chi connectivity index (χ3n) is 4.06. The summed E-state index contributed by atoms with van der Waals surface area (Å²) in [7, 11) is 0. The highest BCUT2D eigenvalue weighted by atomic mass is 19.1. The average Bonchev–Trinajstić information content (AvgIpc) is 2.89. The standard InChI is InChI=1S/C16H22FN3O4/c1-15(2,3)24-14(23)20-7-6-16(8-20,13(21)22)9-4-5-10(18)12(19)11(9)17/h4-5H,6-8,18-19H2,1-3H3,(H,21,22). The van der Waals surface area contributed by atoms with Crippen LogP contribution in [0, 0.1) is 5.82 Å². The minimum atomic E-state index is -1.58. The number of aliphatic carboxylic acids is 1. The van der Waals surface area contributed by atoms with Crippen molar-refractivity contribution in [3.05, 3.63) is 23.5 Å². The molecule has 0 saturated carbocycles. The summed E-state index contributed by atoms with van der Waals surface area (Å²) < 4.78 is 19.8. The maximum absolute atomic E-state index is 14.5. The number of carboxylic acid groups (broad SMARTS) is 1. The van der Waals surface area contributed by atoms with E-state index in [2.05, 4.69) is 0 Å². The van der Waals surface area contributed by atoms with Gasteiger partial charge in [-0.2, -0.15) is 0 Å². The number of nitrogen functional groups attached to an aromatic ring is 2. The lowest BCUT2D eigenvalue weighted by Gasteiger charge is -2.28. The quantitative estimate of drug-likeness (QED) is 0.709. The number of anilines is 2. The van der Waals surface area contributed by atoms with Crippen molar-refractivity contribution in [2.75, 3.05) is 24.6 Å². The van der Waals surface area contributed by atoms with Gasteiger partial charge in [0.05, 0.1) is 11.4 Å². The molecule has 1 saturated heterocycles. The van der Waals surface area contributed by atoms with E-state index in [4.69, 9.17) is 16.2 Å². The Bertz CT molecular complexity index is 687. The van der Waals surface area contributed by atoms with Gasteiger partial charge >= 0.3 is 12.1 Å². The van der Waals surface area contributed by atoms with Crippen molar-refractivity contribution in [3.8, 4) is 0 Å². The number of ether oxygens (including phenoxy) is 1. The van der Waals surface area contributed by atoms with E-state index in [-0.39, 0.29) is 36.4 Å². The summed E-state index contributed by atoms with van der Waals surface area (Å²) in [6, 6.07) is 2.68. The summed E-state index contributed by atoms with van der Waals surface area (Å²) in [6.45, 7) is 5.09. The Hall–Kier alpha value is -2.51. The number of nitrogens with two attached hydrogens (primary N) is 2. The molecule has 0 spiro atoms. The van der Waals surface area contributed by atoms with Crippen LogP contribution < -0.4 is 11.5 Å². The number of carbonyl (C=O) groups excluding carboxylic acids is 1. The fraction of sp³-hybridized carbons (Fsp3) is 0.500. The van der Waals surface area contributed by atoms with Crippen LogP contribution >= 0.6 is 0 Å². The highest BCUT2D eigenvalue weighted by Crippen LogP contribution is 2.39. The molecule has 5 N–H and O–H groups in total. The van der Waals surface area contributed by atoms with Gasteiger partial charge in [0.25, 0.3) is 0 Å². The summed E-state index contributed by atoms with van der Waals surface area (Å²) in [5, 5.41) is 9.72. The van der Waals surface area contributed by atoms with Crippen molar-refractivity contribution in [2.24, 2.45) is 0 Å². The van der Waals surface area contributed by atoms with E-state index in [0.29, 0.717) is 0 Å². The highest BCUT2D eigenvalue weighted by Gasteiger charge is 2.50. The molecule has 0 aliphatic carbocycles. The Morgan fingerprint density at radius 1 is 1.33 bits per heavy atom. The molecule has 1 fully saturated rings. The van der Waals surface area contributed by atoms with Crippen LogP contribution in [-0.2, 0) is 14.9 Å². The van der Waals surface area contributed by atoms with Gasteiger partial charge in [0.1, 0.15) is 11.0 Å². The Kier molecular flexibility index (Phi) is 4.34. The van der Waals surface area contributed by atoms with Gasteiger partial charge in [-0.05, 0) is 33.3 Å². The average molecular weight is 339 g/mol. The molecule has 1 aromatic rings. The molecule has 1 heterocycles. The van der Waals surface area contributed by atoms with E-state index >= 15 is 0 Å². The Morgan fingerprint density at radius 3 is 2.50 bits per heavy atom. The minimum absolute atomic E-state index is 0.0405. The second kappa shape index (κ2) is 5.85. The molecule has 0 bridgehead atoms. The third kappa shape index (κ3) is 3.08. The predicted molar refractivity (Wildman–Crippen MR) is 87.0 cm³/mol. The lowest BCUT2D eigenvalue weighted by Crippen LogP contribution is -2.42. The molecule has 24 heavy (non-hydrogen) atoms. The van der Waals surface area contributed by atoms with Crippen molar-refractivity contribution in [1.82, 2.24) is 4.90 Å². The Labute approximate surface area is 139 Å². The van der Waals surface area contributed by atoms with Gasteiger partial charge in [-0.1, -0.05) is 6.07 Å². The lowest BCUT2D eigenvalue weighted by atomic mass is 9.79. The van der Waals surface area contributed by atoms with Gasteiger partial charge < -0.3 is 26.2 Å². The van der Waals surface area contributed by atoms with Gasteiger partial charge in [-0.25, -0.2) is 9.18 Å². The Balaban J connectivity index is 2.37. The molecule has 0 aromatic heterocycles. The van der Waals surface area contributed by atoms with Crippen molar-refractivity contribution in [3.63, 3.8) is 0 Å². The predicted octanol–water partition coefficient (Wildman–Crippen LogP) is 1.95. The zero-order valence-electron chi connectivity index (χ0n) is 13.9. The van der Waals surface area contributed by atoms with Crippen LogP contribution in [-0.4, -0.2) is 40.8 Å². The summed E-state index contributed by atoms with van der Waals surface area (Å²) >= 11 is 0. The van der Waals surface area contributed by atoms with E-state index in [1.807, 2.05) is 0 Å². The molecule has 1 aliphatic heterocycles. The second-order valence-corrected chi connectivity index (χ2v) is 6.97. The van der Waals surface area contributed by atoms with E-state index in [1.165, 1.54) is 17.0 Å². The number of halogens is 1. The van der Waals surface area contributed by atoms with Crippen molar-refractivity contribution in [2.45, 2.75) is 38.2 Å². The maximum Gasteiger partial charge on any atom is 0.410 e. The SMILES string of the molecule is CC(C)(C)OC(=O)N1CCC(C(=O)O)(c2ccc(N)c(N)c2F)C1. The zero-order chi connectivity index (χ0) is 18.3. The second-order valence-electron chi connectivity index (χ2n) is 6.97. The van der Waals surface area contributed by atoms with Crippen molar-refractivity contribution >= 4 is 23.4 Å². The van der Waals surface area contributed by atoms with Crippen LogP contribution in [0.1, 0.15) is 32.8 Å². The molecule has 1 unspecified atom stereocenters. The first-order chi connectivity index (χ1) is 11.0. The molecule has 7 nitrogen and oxygen atoms in total. The number of benzene rings is 1. The van der Waals surface area contributed by atoms with Gasteiger partial charge in [-0.15, -0.1) is 0 Å². The van der Waals surface area contributed by atoms with E-state index in [9.17, 15) is 19.1 Å². The van der Waals surface area contributed by atoms with E-state index in [1.54, 1.807) is 20.8 Å². The molecule has 2 rings (SSSR count). The summed E-state index contributed by atoms with van der Waals surface area (Å²) in [5.74, 6) is -2.08. The molecule has 132 valence electrons. The maximum atomic E-state index is 14.5. The fourth-order valence-electron chi connectivity index (χ4n) is 2.78. The highest BCUT2D eigenvalue weighted by molar-refractivity contribution is 5.85. The first-order valence-electron chi connectivity index (χ1n) is 7.53. The van der Waals surface area contributed by atoms with E-state index in [0.717, 1.165) is 0 Å². The smallest absolute Gasteiger partial charge is 0.410 e. The largest absolute Gasteiger partial charge is 0.481 e. The number of rotatable bonds is 2. The van der Waals surface area contributed by atoms with Crippen LogP contribution in [0.25, 0.3) is 0 Å². The summed E-state index contributed by atoms with van der Waals surface area (Å²) in [6.07, 6.45) is -0.573. The van der Waals surface area contributed by atoms with Gasteiger partial charge in [0.2, 0.25) is 0 Å². The molecular weight excluding hydrogens is 317 g/mol. The monoisotopic (exact) mass is 339 g/mol. The molecule has 1 aromatic carbocycles. The molecular formula is C16H22FN3O4. The fourth-order valence-corrected chi connectivity index (χ4v) is 2.78.